The van der Waals surface area contributed by atoms with Crippen LogP contribution in [0, 0.1) is 12.3 Å². The second-order valence-electron chi connectivity index (χ2n) is 6.54. The van der Waals surface area contributed by atoms with Crippen molar-refractivity contribution in [3.05, 3.63) is 51.5 Å². The first-order chi connectivity index (χ1) is 13.8. The van der Waals surface area contributed by atoms with E-state index in [2.05, 4.69) is 10.9 Å². The van der Waals surface area contributed by atoms with Crippen molar-refractivity contribution < 1.29 is 22.9 Å². The zero-order valence-electron chi connectivity index (χ0n) is 15.1. The Morgan fingerprint density at radius 2 is 2.28 bits per heavy atom. The molecule has 0 aliphatic carbocycles. The normalized spacial score (nSPS) is 28.3. The molecule has 1 aromatic heterocycles. The van der Waals surface area contributed by atoms with E-state index in [1.54, 1.807) is 12.1 Å². The van der Waals surface area contributed by atoms with E-state index < -0.39 is 25.3 Å². The van der Waals surface area contributed by atoms with Crippen LogP contribution in [0.5, 0.6) is 5.75 Å². The number of nitrogen functional groups attached to an aromatic ring is 1. The van der Waals surface area contributed by atoms with Crippen molar-refractivity contribution in [2.75, 3.05) is 12.3 Å². The lowest BCUT2D eigenvalue weighted by atomic mass is 10.1. The molecule has 1 fully saturated rings. The summed E-state index contributed by atoms with van der Waals surface area (Å²) in [5, 5.41) is 0.00497. The Kier molecular flexibility index (Phi) is 5.15. The van der Waals surface area contributed by atoms with Crippen LogP contribution in [0.4, 0.5) is 5.82 Å². The van der Waals surface area contributed by atoms with Gasteiger partial charge in [-0.15, -0.1) is 6.42 Å². The number of nitrogens with two attached hydrogens (primary N) is 1. The molecule has 11 heteroatoms. The van der Waals surface area contributed by atoms with E-state index >= 15 is 0 Å². The van der Waals surface area contributed by atoms with Crippen LogP contribution < -0.4 is 15.9 Å². The molecule has 1 saturated heterocycles. The Balaban J connectivity index is 1.47. The van der Waals surface area contributed by atoms with Crippen LogP contribution >= 0.6 is 19.4 Å². The molecule has 152 valence electrons. The van der Waals surface area contributed by atoms with Crippen LogP contribution in [0.15, 0.2) is 35.1 Å². The third-order valence-electron chi connectivity index (χ3n) is 4.63. The molecule has 9 nitrogen and oxygen atoms in total. The van der Waals surface area contributed by atoms with E-state index in [0.717, 1.165) is 10.1 Å². The average molecular weight is 438 g/mol. The smallest absolute Gasteiger partial charge is 0.404 e. The summed E-state index contributed by atoms with van der Waals surface area (Å²) in [6.45, 7) is -0.00692. The number of phosphoric acid groups is 1. The van der Waals surface area contributed by atoms with Crippen molar-refractivity contribution in [2.45, 2.75) is 31.3 Å². The fraction of sp³-hybridized carbons (Fsp3) is 0.333. The number of fused-ring (bicyclic) bond motifs is 1. The molecule has 4 rings (SSSR count). The number of ether oxygens (including phenoxy) is 1. The number of halogens is 1. The molecule has 0 bridgehead atoms. The maximum absolute atomic E-state index is 12.7. The zero-order valence-corrected chi connectivity index (χ0v) is 16.8. The number of para-hydroxylation sites is 1. The van der Waals surface area contributed by atoms with E-state index in [1.165, 1.54) is 6.07 Å². The number of phosphoric ester groups is 1. The summed E-state index contributed by atoms with van der Waals surface area (Å²) < 4.78 is 35.8. The van der Waals surface area contributed by atoms with Crippen molar-refractivity contribution in [2.24, 2.45) is 0 Å². The molecule has 0 spiro atoms. The standard InChI is InChI=1S/C18H17ClN3O6P/c1-2-18(22-15(19)9-16(20)21-17(22)23)8-7-13(27-18)11-26-29(24)25-10-12-5-3-4-6-14(12)28-29/h1,3-6,9,13H,7-8,10-11H2,(H2,20,21,23). The molecular formula is C18H17ClN3O6P. The molecule has 2 aliphatic heterocycles. The van der Waals surface area contributed by atoms with Crippen LogP contribution in [-0.2, 0) is 30.7 Å². The lowest BCUT2D eigenvalue weighted by molar-refractivity contribution is -0.0724. The maximum Gasteiger partial charge on any atom is 0.530 e. The number of hydrogen-bond donors (Lipinski definition) is 1. The monoisotopic (exact) mass is 437 g/mol. The molecular weight excluding hydrogens is 421 g/mol. The van der Waals surface area contributed by atoms with Gasteiger partial charge in [-0.25, -0.2) is 13.9 Å². The molecule has 3 atom stereocenters. The van der Waals surface area contributed by atoms with Gasteiger partial charge in [0.25, 0.3) is 0 Å². The van der Waals surface area contributed by atoms with E-state index in [0.29, 0.717) is 12.2 Å². The number of terminal acetylenes is 1. The lowest BCUT2D eigenvalue weighted by Crippen LogP contribution is -2.42. The van der Waals surface area contributed by atoms with Crippen LogP contribution in [0.3, 0.4) is 0 Å². The Labute approximate surface area is 171 Å². The van der Waals surface area contributed by atoms with Crippen LogP contribution in [0.2, 0.25) is 5.15 Å². The molecule has 3 heterocycles. The minimum atomic E-state index is -3.80. The molecule has 29 heavy (non-hydrogen) atoms. The first-order valence-electron chi connectivity index (χ1n) is 8.72. The lowest BCUT2D eigenvalue weighted by Gasteiger charge is -2.28. The number of benzene rings is 1. The first kappa shape index (κ1) is 20.0. The maximum atomic E-state index is 12.7. The summed E-state index contributed by atoms with van der Waals surface area (Å²) in [7, 11) is -3.80. The molecule has 2 N–H and O–H groups in total. The Morgan fingerprint density at radius 3 is 3.03 bits per heavy atom. The number of anilines is 1. The molecule has 2 aromatic rings. The molecule has 2 aliphatic rings. The first-order valence-corrected chi connectivity index (χ1v) is 10.6. The van der Waals surface area contributed by atoms with Gasteiger partial charge in [0.15, 0.2) is 0 Å². The van der Waals surface area contributed by atoms with Crippen LogP contribution in [-0.4, -0.2) is 22.3 Å². The van der Waals surface area contributed by atoms with Gasteiger partial charge in [-0.3, -0.25) is 9.05 Å². The van der Waals surface area contributed by atoms with E-state index in [4.69, 9.17) is 42.1 Å². The Hall–Kier alpha value is -2.34. The minimum absolute atomic E-state index is 0.00497. The number of aromatic nitrogens is 2. The average Bonchev–Trinajstić information content (AvgIpc) is 3.10. The summed E-state index contributed by atoms with van der Waals surface area (Å²) in [6, 6.07) is 8.40. The van der Waals surface area contributed by atoms with Crippen molar-refractivity contribution >= 4 is 25.2 Å². The van der Waals surface area contributed by atoms with Gasteiger partial charge in [0.2, 0.25) is 5.72 Å². The highest BCUT2D eigenvalue weighted by molar-refractivity contribution is 7.49. The molecule has 0 amide bonds. The van der Waals surface area contributed by atoms with Gasteiger partial charge < -0.3 is 15.0 Å². The van der Waals surface area contributed by atoms with Crippen molar-refractivity contribution in [1.29, 1.82) is 0 Å². The summed E-state index contributed by atoms with van der Waals surface area (Å²) in [5.74, 6) is 2.89. The highest BCUT2D eigenvalue weighted by Gasteiger charge is 2.44. The number of nitrogens with zero attached hydrogens (tertiary/aromatic N) is 2. The van der Waals surface area contributed by atoms with E-state index in [1.807, 2.05) is 12.1 Å². The van der Waals surface area contributed by atoms with Gasteiger partial charge in [0.1, 0.15) is 16.7 Å². The van der Waals surface area contributed by atoms with Crippen molar-refractivity contribution in [3.63, 3.8) is 0 Å². The summed E-state index contributed by atoms with van der Waals surface area (Å²) in [5.41, 5.74) is 4.14. The number of rotatable bonds is 4. The quantitative estimate of drug-likeness (QED) is 0.441. The summed E-state index contributed by atoms with van der Waals surface area (Å²) in [6.07, 6.45) is 5.79. The molecule has 1 aromatic carbocycles. The van der Waals surface area contributed by atoms with Crippen molar-refractivity contribution in [1.82, 2.24) is 9.55 Å². The number of hydrogen-bond acceptors (Lipinski definition) is 8. The zero-order chi connectivity index (χ0) is 20.6. The fourth-order valence-corrected chi connectivity index (χ4v) is 4.81. The largest absolute Gasteiger partial charge is 0.530 e. The van der Waals surface area contributed by atoms with Gasteiger partial charge in [-0.1, -0.05) is 29.8 Å². The summed E-state index contributed by atoms with van der Waals surface area (Å²) in [4.78, 5) is 15.9. The van der Waals surface area contributed by atoms with Crippen molar-refractivity contribution in [3.8, 4) is 18.1 Å². The molecule has 3 unspecified atom stereocenters. The third kappa shape index (κ3) is 3.78. The molecule has 0 saturated carbocycles. The van der Waals surface area contributed by atoms with Gasteiger partial charge >= 0.3 is 13.5 Å². The highest BCUT2D eigenvalue weighted by atomic mass is 35.5. The van der Waals surface area contributed by atoms with E-state index in [-0.39, 0.29) is 30.6 Å². The topological polar surface area (TPSA) is 115 Å². The van der Waals surface area contributed by atoms with Gasteiger partial charge in [-0.2, -0.15) is 4.98 Å². The third-order valence-corrected chi connectivity index (χ3v) is 6.24. The predicted molar refractivity (Wildman–Crippen MR) is 104 cm³/mol. The minimum Gasteiger partial charge on any atom is -0.404 e. The second kappa shape index (κ2) is 7.48. The molecule has 0 radical (unpaired) electrons. The van der Waals surface area contributed by atoms with Crippen LogP contribution in [0.25, 0.3) is 0 Å². The SMILES string of the molecule is C#CC1(n2c(Cl)cc(N)nc2=O)CCC(COP2(=O)OCc3ccccc3O2)O1. The predicted octanol–water partition coefficient (Wildman–Crippen LogP) is 2.68. The highest BCUT2D eigenvalue weighted by Crippen LogP contribution is 2.54. The van der Waals surface area contributed by atoms with Gasteiger partial charge in [-0.05, 0) is 18.4 Å². The van der Waals surface area contributed by atoms with Crippen LogP contribution in [0.1, 0.15) is 18.4 Å². The fourth-order valence-electron chi connectivity index (χ4n) is 3.25. The van der Waals surface area contributed by atoms with Gasteiger partial charge in [0.05, 0.1) is 19.3 Å². The van der Waals surface area contributed by atoms with Gasteiger partial charge in [0, 0.05) is 18.1 Å². The summed E-state index contributed by atoms with van der Waals surface area (Å²) >= 11 is 6.15. The Morgan fingerprint density at radius 1 is 1.48 bits per heavy atom. The Bertz CT molecular complexity index is 1100. The van der Waals surface area contributed by atoms with E-state index in [9.17, 15) is 9.36 Å². The second-order valence-corrected chi connectivity index (χ2v) is 8.53.